The predicted octanol–water partition coefficient (Wildman–Crippen LogP) is 11.0. The van der Waals surface area contributed by atoms with Gasteiger partial charge in [0.25, 0.3) is 0 Å². The Morgan fingerprint density at radius 2 is 0.825 bits per heavy atom. The van der Waals surface area contributed by atoms with Crippen LogP contribution in [-0.2, 0) is 59.4 Å². The maximum absolute atomic E-state index is 10.7. The second-order valence-electron chi connectivity index (χ2n) is 18.0. The van der Waals surface area contributed by atoms with Crippen molar-refractivity contribution in [1.29, 1.82) is 0 Å². The second kappa shape index (κ2) is 25.0. The minimum absolute atomic E-state index is 0.384. The maximum Gasteiger partial charge on any atom is 0.485 e. The van der Waals surface area contributed by atoms with Crippen molar-refractivity contribution in [3.05, 3.63) is 177 Å². The molecule has 0 amide bonds. The molecule has 0 unspecified atom stereocenters. The van der Waals surface area contributed by atoms with Crippen LogP contribution in [0.25, 0.3) is 46.8 Å². The van der Waals surface area contributed by atoms with Gasteiger partial charge in [-0.1, -0.05) is 60.7 Å². The standard InChI is InChI=1S/C56H54N2O6.2CHF3O3S/c1-37-38(2)48-24-28-58-26-22-40(18-20-42-32-52(60-4)54(62-6)34-44(42)36-64-46-15-11-8-12-16-46)30-50(58)56(48)55-47(37)23-27-57-25-21-39(29-49(55)57)17-19-41-31-51(59-3)53(61-5)33-43(41)35-63-45-13-9-7-10-14-45;2*2-1(3,4)8(5,6)7/h7-22,25-26,29-34H,23-24,27-28,35-36H2,1-6H3;2*(H,5,6,7)/q+2;;/p-2/b19-17+,20-18+;;. The number of methoxy groups -OCH3 is 4. The number of halogens is 6. The Hall–Kier alpha value is -7.92. The highest BCUT2D eigenvalue weighted by Gasteiger charge is 2.38. The summed E-state index contributed by atoms with van der Waals surface area (Å²) in [6.45, 7) is 7.24. The zero-order valence-corrected chi connectivity index (χ0v) is 45.6. The van der Waals surface area contributed by atoms with Gasteiger partial charge in [0.05, 0.1) is 39.6 Å². The van der Waals surface area contributed by atoms with Crippen molar-refractivity contribution in [2.24, 2.45) is 0 Å². The molecule has 422 valence electrons. The molecule has 0 bridgehead atoms. The zero-order valence-electron chi connectivity index (χ0n) is 44.0. The number of hydrogen-bond donors (Lipinski definition) is 0. The third-order valence-electron chi connectivity index (χ3n) is 13.2. The van der Waals surface area contributed by atoms with Gasteiger partial charge in [-0.05, 0) is 107 Å². The highest BCUT2D eigenvalue weighted by molar-refractivity contribution is 7.86. The molecule has 2 aliphatic rings. The predicted molar refractivity (Wildman–Crippen MR) is 285 cm³/mol. The molecule has 7 aromatic rings. The maximum atomic E-state index is 10.7. The summed E-state index contributed by atoms with van der Waals surface area (Å²) in [7, 11) is -5.52. The lowest BCUT2D eigenvalue weighted by atomic mass is 9.79. The van der Waals surface area contributed by atoms with Crippen molar-refractivity contribution >= 4 is 44.5 Å². The topological polar surface area (TPSA) is 178 Å². The second-order valence-corrected chi connectivity index (χ2v) is 20.8. The van der Waals surface area contributed by atoms with Crippen LogP contribution in [-0.4, -0.2) is 65.4 Å². The fraction of sp³-hybridized carbons (Fsp3) is 0.241. The molecule has 4 heterocycles. The summed E-state index contributed by atoms with van der Waals surface area (Å²) in [4.78, 5) is 0. The van der Waals surface area contributed by atoms with E-state index in [1.54, 1.807) is 28.4 Å². The van der Waals surface area contributed by atoms with Crippen LogP contribution in [0, 0.1) is 13.8 Å². The van der Waals surface area contributed by atoms with Crippen LogP contribution < -0.4 is 37.6 Å². The lowest BCUT2D eigenvalue weighted by molar-refractivity contribution is -0.689. The number of aryl methyl sites for hydroxylation is 2. The fourth-order valence-electron chi connectivity index (χ4n) is 9.07. The van der Waals surface area contributed by atoms with Crippen LogP contribution >= 0.6 is 0 Å². The van der Waals surface area contributed by atoms with Gasteiger partial charge in [-0.15, -0.1) is 0 Å². The first-order valence-electron chi connectivity index (χ1n) is 24.3. The number of alkyl halides is 6. The third-order valence-corrected chi connectivity index (χ3v) is 14.3. The average Bonchev–Trinajstić information content (AvgIpc) is 3.58. The van der Waals surface area contributed by atoms with Gasteiger partial charge in [-0.25, -0.2) is 16.8 Å². The number of fused-ring (bicyclic) bond motifs is 7. The molecular formula is C58H54F6N2O12S2. The molecule has 2 aromatic heterocycles. The lowest BCUT2D eigenvalue weighted by Crippen LogP contribution is -2.43. The highest BCUT2D eigenvalue weighted by atomic mass is 32.2. The molecule has 80 heavy (non-hydrogen) atoms. The Bertz CT molecular complexity index is 3430. The van der Waals surface area contributed by atoms with Gasteiger partial charge in [0, 0.05) is 48.2 Å². The van der Waals surface area contributed by atoms with E-state index in [4.69, 9.17) is 54.4 Å². The van der Waals surface area contributed by atoms with E-state index in [9.17, 15) is 26.3 Å². The highest BCUT2D eigenvalue weighted by Crippen LogP contribution is 2.44. The summed E-state index contributed by atoms with van der Waals surface area (Å²) in [6.07, 6.45) is 15.1. The molecule has 0 radical (unpaired) electrons. The molecule has 0 saturated heterocycles. The van der Waals surface area contributed by atoms with Crippen LogP contribution in [0.2, 0.25) is 0 Å². The summed E-state index contributed by atoms with van der Waals surface area (Å²) in [5.41, 5.74) is 5.70. The molecule has 14 nitrogen and oxygen atoms in total. The van der Waals surface area contributed by atoms with Crippen LogP contribution in [0.4, 0.5) is 26.3 Å². The van der Waals surface area contributed by atoms with Gasteiger partial charge in [-0.3, -0.25) is 0 Å². The Kier molecular flexibility index (Phi) is 18.7. The van der Waals surface area contributed by atoms with Gasteiger partial charge in [-0.2, -0.15) is 35.5 Å². The summed E-state index contributed by atoms with van der Waals surface area (Å²) >= 11 is 0. The molecular weight excluding hydrogens is 1090 g/mol. The quantitative estimate of drug-likeness (QED) is 0.0436. The monoisotopic (exact) mass is 1150 g/mol. The zero-order chi connectivity index (χ0) is 58.2. The van der Waals surface area contributed by atoms with E-state index < -0.39 is 31.3 Å². The first kappa shape index (κ1) is 59.7. The smallest absolute Gasteiger partial charge is 0.485 e. The number of pyridine rings is 2. The first-order chi connectivity index (χ1) is 37.8. The number of aromatic nitrogens is 2. The van der Waals surface area contributed by atoms with E-state index in [1.807, 2.05) is 84.9 Å². The minimum Gasteiger partial charge on any atom is -0.741 e. The number of rotatable bonds is 14. The number of benzene rings is 5. The van der Waals surface area contributed by atoms with E-state index in [2.05, 4.69) is 83.9 Å². The number of nitrogens with zero attached hydrogens (tertiary/aromatic N) is 2. The molecule has 0 spiro atoms. The lowest BCUT2D eigenvalue weighted by Gasteiger charge is -2.27. The third kappa shape index (κ3) is 14.1. The van der Waals surface area contributed by atoms with Crippen LogP contribution in [0.1, 0.15) is 55.6 Å². The molecule has 0 fully saturated rings. The summed E-state index contributed by atoms with van der Waals surface area (Å²) in [5.74, 6) is 4.30. The van der Waals surface area contributed by atoms with Crippen molar-refractivity contribution in [2.75, 3.05) is 28.4 Å². The van der Waals surface area contributed by atoms with Crippen molar-refractivity contribution in [1.82, 2.24) is 0 Å². The van der Waals surface area contributed by atoms with Gasteiger partial charge in [0.2, 0.25) is 11.4 Å². The van der Waals surface area contributed by atoms with Gasteiger partial charge in [0.15, 0.2) is 68.7 Å². The Morgan fingerprint density at radius 3 is 1.14 bits per heavy atom. The van der Waals surface area contributed by atoms with Crippen molar-refractivity contribution in [3.63, 3.8) is 0 Å². The molecule has 0 saturated carbocycles. The summed E-state index contributed by atoms with van der Waals surface area (Å²) in [6, 6.07) is 36.9. The normalized spacial score (nSPS) is 12.9. The van der Waals surface area contributed by atoms with Gasteiger partial charge in [0.1, 0.15) is 24.7 Å². The van der Waals surface area contributed by atoms with Crippen molar-refractivity contribution < 1.29 is 89.8 Å². The van der Waals surface area contributed by atoms with Crippen molar-refractivity contribution in [2.45, 2.75) is 64.0 Å². The van der Waals surface area contributed by atoms with E-state index >= 15 is 0 Å². The molecule has 0 N–H and O–H groups in total. The van der Waals surface area contributed by atoms with Crippen LogP contribution in [0.15, 0.2) is 122 Å². The van der Waals surface area contributed by atoms with Crippen LogP contribution in [0.5, 0.6) is 34.5 Å². The number of para-hydroxylation sites is 2. The molecule has 0 atom stereocenters. The molecule has 2 aliphatic heterocycles. The van der Waals surface area contributed by atoms with Crippen LogP contribution in [0.3, 0.4) is 0 Å². The van der Waals surface area contributed by atoms with Gasteiger partial charge < -0.3 is 37.5 Å². The molecule has 0 aliphatic carbocycles. The van der Waals surface area contributed by atoms with E-state index in [-0.39, 0.29) is 0 Å². The number of hydrogen-bond acceptors (Lipinski definition) is 12. The SMILES string of the molecule is COc1cc(/C=C/c2cc[n+]3c(c2)-c2c(c(C)c(C)c4c2-c2cc(/C=C/c5cc(OC)c(OC)cc5COc5ccccc5)cc[n+]2CC4)CC3)c(COc2ccccc2)cc1OC.O=S(=O)([O-])C(F)(F)F.O=S(=O)([O-])C(F)(F)F. The van der Waals surface area contributed by atoms with Crippen molar-refractivity contribution in [3.8, 4) is 57.0 Å². The summed E-state index contributed by atoms with van der Waals surface area (Å²) < 4.78 is 158. The first-order valence-corrected chi connectivity index (χ1v) is 27.2. The van der Waals surface area contributed by atoms with Gasteiger partial charge >= 0.3 is 11.0 Å². The summed E-state index contributed by atoms with van der Waals surface area (Å²) in [5, 5.41) is 0. The molecule has 5 aromatic carbocycles. The fourth-order valence-corrected chi connectivity index (χ4v) is 9.07. The van der Waals surface area contributed by atoms with E-state index in [0.717, 1.165) is 70.8 Å². The Morgan fingerprint density at radius 1 is 0.500 bits per heavy atom. The minimum atomic E-state index is -6.09. The Labute approximate surface area is 459 Å². The molecule has 9 rings (SSSR count). The number of ether oxygens (including phenoxy) is 6. The van der Waals surface area contributed by atoms with E-state index in [1.165, 1.54) is 44.8 Å². The Balaban J connectivity index is 0.000000505. The average molecular weight is 1150 g/mol. The largest absolute Gasteiger partial charge is 0.741 e. The molecule has 22 heteroatoms. The van der Waals surface area contributed by atoms with E-state index in [0.29, 0.717) is 36.2 Å².